The van der Waals surface area contributed by atoms with Crippen LogP contribution in [-0.4, -0.2) is 47.8 Å². The summed E-state index contributed by atoms with van der Waals surface area (Å²) in [6.45, 7) is 0. The summed E-state index contributed by atoms with van der Waals surface area (Å²) in [6.07, 6.45) is 0. The third-order valence-electron chi connectivity index (χ3n) is 6.82. The van der Waals surface area contributed by atoms with E-state index in [2.05, 4.69) is 30.5 Å². The van der Waals surface area contributed by atoms with E-state index in [1.807, 2.05) is 30.3 Å². The molecule has 0 saturated heterocycles. The van der Waals surface area contributed by atoms with Crippen LogP contribution in [0.1, 0.15) is 0 Å². The van der Waals surface area contributed by atoms with Gasteiger partial charge in [0.05, 0.1) is 24.8 Å². The van der Waals surface area contributed by atoms with Gasteiger partial charge in [0.1, 0.15) is 33.5 Å². The lowest BCUT2D eigenvalue weighted by molar-refractivity contribution is 0.405. The highest BCUT2D eigenvalue weighted by molar-refractivity contribution is 7.89. The van der Waals surface area contributed by atoms with Crippen LogP contribution in [0.5, 0.6) is 17.2 Å². The highest BCUT2D eigenvalue weighted by Crippen LogP contribution is 2.45. The maximum atomic E-state index is 12.4. The summed E-state index contributed by atoms with van der Waals surface area (Å²) in [5, 5.41) is 31.3. The molecule has 0 aliphatic rings. The molecule has 0 heterocycles. The molecule has 0 amide bonds. The Morgan fingerprint density at radius 2 is 1.32 bits per heavy atom. The van der Waals surface area contributed by atoms with E-state index in [4.69, 9.17) is 9.47 Å². The molecule has 0 aromatic heterocycles. The Kier molecular flexibility index (Phi) is 9.48. The largest absolute Gasteiger partial charge is 0.505 e. The number of phenolic OH excluding ortho intramolecular Hbond substituents is 1. The topological polar surface area (TPSA) is 201 Å². The van der Waals surface area contributed by atoms with Crippen molar-refractivity contribution in [2.45, 2.75) is 9.79 Å². The highest BCUT2D eigenvalue weighted by Gasteiger charge is 2.23. The third-order valence-corrected chi connectivity index (χ3v) is 9.12. The first-order valence-corrected chi connectivity index (χ1v) is 16.6. The molecule has 0 fully saturated rings. The molecule has 4 N–H and O–H groups in total. The van der Waals surface area contributed by atoms with Gasteiger partial charge in [-0.1, -0.05) is 18.2 Å². The van der Waals surface area contributed by atoms with Crippen LogP contribution in [0.3, 0.4) is 0 Å². The van der Waals surface area contributed by atoms with Crippen molar-refractivity contribution in [1.82, 2.24) is 4.72 Å². The Hall–Kier alpha value is -5.42. The Morgan fingerprint density at radius 1 is 0.702 bits per heavy atom. The second-order valence-corrected chi connectivity index (χ2v) is 13.0. The summed E-state index contributed by atoms with van der Waals surface area (Å²) >= 11 is 0. The van der Waals surface area contributed by atoms with Gasteiger partial charge in [-0.15, -0.1) is 15.3 Å². The van der Waals surface area contributed by atoms with Crippen LogP contribution >= 0.6 is 0 Å². The first kappa shape index (κ1) is 33.0. The lowest BCUT2D eigenvalue weighted by atomic mass is 10.1. The van der Waals surface area contributed by atoms with E-state index in [0.29, 0.717) is 16.8 Å². The smallest absolute Gasteiger partial charge is 0.296 e. The third kappa shape index (κ3) is 7.36. The fourth-order valence-corrected chi connectivity index (χ4v) is 5.85. The Labute approximate surface area is 270 Å². The van der Waals surface area contributed by atoms with E-state index < -0.39 is 36.5 Å². The van der Waals surface area contributed by atoms with Crippen LogP contribution in [0, 0.1) is 0 Å². The molecule has 5 aromatic carbocycles. The van der Waals surface area contributed by atoms with Crippen molar-refractivity contribution in [3.05, 3.63) is 91.0 Å². The summed E-state index contributed by atoms with van der Waals surface area (Å²) in [6, 6.07) is 24.0. The number of sulfonamides is 1. The van der Waals surface area contributed by atoms with Crippen molar-refractivity contribution >= 4 is 65.0 Å². The molecule has 16 heteroatoms. The predicted octanol–water partition coefficient (Wildman–Crippen LogP) is 7.29. The Bertz CT molecular complexity index is 2230. The highest BCUT2D eigenvalue weighted by atomic mass is 32.2. The van der Waals surface area contributed by atoms with Crippen molar-refractivity contribution in [3.63, 3.8) is 0 Å². The van der Waals surface area contributed by atoms with Crippen molar-refractivity contribution in [2.75, 3.05) is 26.6 Å². The van der Waals surface area contributed by atoms with Crippen LogP contribution < -0.4 is 19.5 Å². The standard InChI is InChI=1S/C31H28N6O8S2/c1-32-46(39,40)23-12-9-21(10-13-23)34-35-25-17-28(45-3)26(18-27(25)44-2)36-37-30-29(47(41,42)43)16-19-15-22(11-14-24(19)31(30)38)33-20-7-5-4-6-8-20/h4-18,32-33,38H,1-3H3,(H,41,42,43)/b35-34+,37-36+. The lowest BCUT2D eigenvalue weighted by Gasteiger charge is -2.12. The van der Waals surface area contributed by atoms with Crippen molar-refractivity contribution < 1.29 is 36.0 Å². The van der Waals surface area contributed by atoms with Gasteiger partial charge in [0.15, 0.2) is 5.75 Å². The SMILES string of the molecule is CNS(=O)(=O)c1ccc(/N=N/c2cc(OC)c(/N=N/c3c(S(=O)(=O)O)cc4cc(Nc5ccccc5)ccc4c3O)cc2OC)cc1. The maximum absolute atomic E-state index is 12.4. The van der Waals surface area contributed by atoms with Crippen LogP contribution in [0.15, 0.2) is 121 Å². The molecular formula is C31H28N6O8S2. The van der Waals surface area contributed by atoms with Gasteiger partial charge in [-0.2, -0.15) is 13.5 Å². The fraction of sp³-hybridized carbons (Fsp3) is 0.0968. The van der Waals surface area contributed by atoms with E-state index >= 15 is 0 Å². The second-order valence-electron chi connectivity index (χ2n) is 9.77. The van der Waals surface area contributed by atoms with E-state index in [0.717, 1.165) is 5.69 Å². The molecule has 0 radical (unpaired) electrons. The zero-order valence-corrected chi connectivity index (χ0v) is 26.7. The summed E-state index contributed by atoms with van der Waals surface area (Å²) < 4.78 is 71.9. The van der Waals surface area contributed by atoms with E-state index in [9.17, 15) is 26.5 Å². The Balaban J connectivity index is 1.50. The number of para-hydroxylation sites is 1. The molecule has 5 aromatic rings. The average molecular weight is 677 g/mol. The maximum Gasteiger partial charge on any atom is 0.296 e. The molecule has 5 rings (SSSR count). The molecule has 47 heavy (non-hydrogen) atoms. The monoisotopic (exact) mass is 676 g/mol. The van der Waals surface area contributed by atoms with Gasteiger partial charge < -0.3 is 19.9 Å². The number of nitrogens with zero attached hydrogens (tertiary/aromatic N) is 4. The van der Waals surface area contributed by atoms with E-state index in [-0.39, 0.29) is 33.2 Å². The number of azo groups is 2. The van der Waals surface area contributed by atoms with E-state index in [1.165, 1.54) is 63.7 Å². The van der Waals surface area contributed by atoms with Gasteiger partial charge in [-0.25, -0.2) is 13.1 Å². The minimum Gasteiger partial charge on any atom is -0.505 e. The van der Waals surface area contributed by atoms with E-state index in [1.54, 1.807) is 18.2 Å². The fourth-order valence-electron chi connectivity index (χ4n) is 4.46. The van der Waals surface area contributed by atoms with Gasteiger partial charge in [-0.05, 0) is 73.1 Å². The molecular weight excluding hydrogens is 649 g/mol. The molecule has 0 spiro atoms. The minimum atomic E-state index is -4.86. The van der Waals surface area contributed by atoms with Gasteiger partial charge in [0.25, 0.3) is 10.1 Å². The van der Waals surface area contributed by atoms with Gasteiger partial charge in [-0.3, -0.25) is 4.55 Å². The van der Waals surface area contributed by atoms with Crippen LogP contribution in [0.4, 0.5) is 34.1 Å². The average Bonchev–Trinajstić information content (AvgIpc) is 3.06. The van der Waals surface area contributed by atoms with Crippen molar-refractivity contribution in [2.24, 2.45) is 20.5 Å². The van der Waals surface area contributed by atoms with Gasteiger partial charge in [0, 0.05) is 28.9 Å². The number of nitrogens with one attached hydrogen (secondary N) is 2. The second kappa shape index (κ2) is 13.5. The minimum absolute atomic E-state index is 0.0623. The number of methoxy groups -OCH3 is 2. The summed E-state index contributed by atoms with van der Waals surface area (Å²) in [5.41, 5.74) is 1.58. The zero-order valence-electron chi connectivity index (χ0n) is 25.1. The molecule has 0 aliphatic carbocycles. The first-order chi connectivity index (χ1) is 22.4. The number of benzene rings is 5. The predicted molar refractivity (Wildman–Crippen MR) is 176 cm³/mol. The molecule has 0 unspecified atom stereocenters. The number of hydrogen-bond donors (Lipinski definition) is 4. The number of ether oxygens (including phenoxy) is 2. The number of aromatic hydroxyl groups is 1. The van der Waals surface area contributed by atoms with Crippen LogP contribution in [0.25, 0.3) is 10.8 Å². The Morgan fingerprint density at radius 3 is 1.89 bits per heavy atom. The first-order valence-electron chi connectivity index (χ1n) is 13.7. The molecule has 14 nitrogen and oxygen atoms in total. The van der Waals surface area contributed by atoms with Crippen LogP contribution in [-0.2, 0) is 20.1 Å². The number of fused-ring (bicyclic) bond motifs is 1. The number of anilines is 2. The number of rotatable bonds is 11. The molecule has 0 saturated carbocycles. The number of hydrogen-bond acceptors (Lipinski definition) is 12. The molecule has 0 bridgehead atoms. The molecule has 0 aliphatic heterocycles. The summed E-state index contributed by atoms with van der Waals surface area (Å²) in [4.78, 5) is -0.597. The normalized spacial score (nSPS) is 12.2. The summed E-state index contributed by atoms with van der Waals surface area (Å²) in [5.74, 6) is -0.187. The van der Waals surface area contributed by atoms with Gasteiger partial charge in [0.2, 0.25) is 10.0 Å². The number of phenols is 1. The zero-order chi connectivity index (χ0) is 33.8. The quantitative estimate of drug-likeness (QED) is 0.0818. The van der Waals surface area contributed by atoms with Crippen molar-refractivity contribution in [1.29, 1.82) is 0 Å². The summed E-state index contributed by atoms with van der Waals surface area (Å²) in [7, 11) is -4.42. The van der Waals surface area contributed by atoms with Crippen molar-refractivity contribution in [3.8, 4) is 17.2 Å². The van der Waals surface area contributed by atoms with Gasteiger partial charge >= 0.3 is 0 Å². The van der Waals surface area contributed by atoms with Crippen LogP contribution in [0.2, 0.25) is 0 Å². The molecule has 242 valence electrons. The lowest BCUT2D eigenvalue weighted by Crippen LogP contribution is -2.18. The molecule has 0 atom stereocenters.